The van der Waals surface area contributed by atoms with Crippen molar-refractivity contribution in [3.8, 4) is 0 Å². The zero-order valence-corrected chi connectivity index (χ0v) is 19.4. The molecular weight excluding hydrogens is 434 g/mol. The Bertz CT molecular complexity index is 1150. The summed E-state index contributed by atoms with van der Waals surface area (Å²) in [5, 5.41) is 0. The highest BCUT2D eigenvalue weighted by molar-refractivity contribution is 7.90. The number of nitrogens with one attached hydrogen (secondary N) is 1. The Hall–Kier alpha value is -2.96. The fourth-order valence-electron chi connectivity index (χ4n) is 4.45. The molecule has 0 spiro atoms. The summed E-state index contributed by atoms with van der Waals surface area (Å²) >= 11 is 0. The third-order valence-corrected chi connectivity index (χ3v) is 7.69. The van der Waals surface area contributed by atoms with Crippen LogP contribution >= 0.6 is 0 Å². The van der Waals surface area contributed by atoms with Crippen molar-refractivity contribution in [2.24, 2.45) is 0 Å². The van der Waals surface area contributed by atoms with Gasteiger partial charge in [0.15, 0.2) is 0 Å². The second-order valence-electron chi connectivity index (χ2n) is 8.64. The molecule has 1 unspecified atom stereocenters. The molecule has 3 aromatic carbocycles. The molecule has 1 atom stereocenters. The van der Waals surface area contributed by atoms with Gasteiger partial charge >= 0.3 is 0 Å². The first-order chi connectivity index (χ1) is 16.0. The SMILES string of the molecule is O=C(Cc1ccc(CCCC2(c3ccccc3)CCOC2)cc1)NS(=O)(=O)c1ccccc1. The van der Waals surface area contributed by atoms with Gasteiger partial charge in [-0.3, -0.25) is 4.79 Å². The maximum atomic E-state index is 12.3. The molecule has 5 nitrogen and oxygen atoms in total. The van der Waals surface area contributed by atoms with E-state index in [1.165, 1.54) is 23.3 Å². The van der Waals surface area contributed by atoms with Crippen molar-refractivity contribution in [1.29, 1.82) is 0 Å². The summed E-state index contributed by atoms with van der Waals surface area (Å²) < 4.78 is 32.5. The van der Waals surface area contributed by atoms with Gasteiger partial charge in [-0.1, -0.05) is 72.8 Å². The van der Waals surface area contributed by atoms with Crippen LogP contribution in [0.3, 0.4) is 0 Å². The van der Waals surface area contributed by atoms with Crippen LogP contribution < -0.4 is 4.72 Å². The van der Waals surface area contributed by atoms with Gasteiger partial charge in [0.1, 0.15) is 0 Å². The van der Waals surface area contributed by atoms with Crippen LogP contribution in [0, 0.1) is 0 Å². The van der Waals surface area contributed by atoms with E-state index in [4.69, 9.17) is 4.74 Å². The monoisotopic (exact) mass is 463 g/mol. The van der Waals surface area contributed by atoms with Gasteiger partial charge in [-0.15, -0.1) is 0 Å². The minimum atomic E-state index is -3.85. The number of hydrogen-bond donors (Lipinski definition) is 1. The highest BCUT2D eigenvalue weighted by Crippen LogP contribution is 2.37. The first-order valence-electron chi connectivity index (χ1n) is 11.3. The molecule has 1 fully saturated rings. The lowest BCUT2D eigenvalue weighted by Gasteiger charge is -2.28. The number of sulfonamides is 1. The minimum Gasteiger partial charge on any atom is -0.380 e. The Morgan fingerprint density at radius 3 is 2.15 bits per heavy atom. The maximum absolute atomic E-state index is 12.3. The zero-order valence-electron chi connectivity index (χ0n) is 18.6. The quantitative estimate of drug-likeness (QED) is 0.510. The zero-order chi connectivity index (χ0) is 23.2. The Labute approximate surface area is 195 Å². The lowest BCUT2D eigenvalue weighted by Crippen LogP contribution is -2.31. The number of aryl methyl sites for hydroxylation is 1. The molecule has 0 radical (unpaired) electrons. The smallest absolute Gasteiger partial charge is 0.264 e. The third kappa shape index (κ3) is 5.89. The summed E-state index contributed by atoms with van der Waals surface area (Å²) in [5.41, 5.74) is 3.45. The van der Waals surface area contributed by atoms with Crippen molar-refractivity contribution < 1.29 is 17.9 Å². The molecule has 4 rings (SSSR count). The second-order valence-corrected chi connectivity index (χ2v) is 10.3. The molecule has 1 amide bonds. The van der Waals surface area contributed by atoms with Gasteiger partial charge in [0.05, 0.1) is 17.9 Å². The Morgan fingerprint density at radius 2 is 1.52 bits per heavy atom. The average Bonchev–Trinajstić information content (AvgIpc) is 3.31. The number of benzene rings is 3. The Kier molecular flexibility index (Phi) is 7.26. The number of ether oxygens (including phenoxy) is 1. The number of rotatable bonds is 9. The molecule has 0 saturated carbocycles. The second kappa shape index (κ2) is 10.3. The van der Waals surface area contributed by atoms with E-state index in [-0.39, 0.29) is 16.7 Å². The highest BCUT2D eigenvalue weighted by Gasteiger charge is 2.35. The summed E-state index contributed by atoms with van der Waals surface area (Å²) in [6.45, 7) is 1.59. The van der Waals surface area contributed by atoms with E-state index in [0.29, 0.717) is 0 Å². The molecule has 0 aliphatic carbocycles. The molecular formula is C27H29NO4S. The van der Waals surface area contributed by atoms with Crippen LogP contribution in [0.25, 0.3) is 0 Å². The summed E-state index contributed by atoms with van der Waals surface area (Å²) in [4.78, 5) is 12.4. The first-order valence-corrected chi connectivity index (χ1v) is 12.8. The maximum Gasteiger partial charge on any atom is 0.264 e. The summed E-state index contributed by atoms with van der Waals surface area (Å²) in [7, 11) is -3.85. The molecule has 1 aliphatic rings. The van der Waals surface area contributed by atoms with Gasteiger partial charge < -0.3 is 4.74 Å². The van der Waals surface area contributed by atoms with E-state index >= 15 is 0 Å². The van der Waals surface area contributed by atoms with Crippen molar-refractivity contribution in [3.63, 3.8) is 0 Å². The van der Waals surface area contributed by atoms with E-state index in [1.54, 1.807) is 18.2 Å². The van der Waals surface area contributed by atoms with Gasteiger partial charge in [0.25, 0.3) is 10.0 Å². The molecule has 1 N–H and O–H groups in total. The Morgan fingerprint density at radius 1 is 0.879 bits per heavy atom. The highest BCUT2D eigenvalue weighted by atomic mass is 32.2. The first kappa shape index (κ1) is 23.2. The molecule has 33 heavy (non-hydrogen) atoms. The van der Waals surface area contributed by atoms with E-state index in [0.717, 1.165) is 44.5 Å². The molecule has 0 bridgehead atoms. The van der Waals surface area contributed by atoms with E-state index < -0.39 is 15.9 Å². The van der Waals surface area contributed by atoms with Crippen molar-refractivity contribution in [2.45, 2.75) is 42.4 Å². The summed E-state index contributed by atoms with van der Waals surface area (Å²) in [6, 6.07) is 26.4. The van der Waals surface area contributed by atoms with Gasteiger partial charge in [0.2, 0.25) is 5.91 Å². The molecule has 1 saturated heterocycles. The molecule has 1 aliphatic heterocycles. The number of amides is 1. The fraction of sp³-hybridized carbons (Fsp3) is 0.296. The number of carbonyl (C=O) groups excluding carboxylic acids is 1. The molecule has 6 heteroatoms. The van der Waals surface area contributed by atoms with Gasteiger partial charge in [0, 0.05) is 12.0 Å². The fourth-order valence-corrected chi connectivity index (χ4v) is 5.46. The molecule has 0 aromatic heterocycles. The van der Waals surface area contributed by atoms with Crippen LogP contribution in [0.1, 0.15) is 36.0 Å². The molecule has 3 aromatic rings. The topological polar surface area (TPSA) is 72.5 Å². The van der Waals surface area contributed by atoms with E-state index in [1.807, 2.05) is 30.3 Å². The van der Waals surface area contributed by atoms with Crippen LogP contribution in [0.4, 0.5) is 0 Å². The van der Waals surface area contributed by atoms with Crippen molar-refractivity contribution in [1.82, 2.24) is 4.72 Å². The van der Waals surface area contributed by atoms with E-state index in [9.17, 15) is 13.2 Å². The average molecular weight is 464 g/mol. The predicted octanol–water partition coefficient (Wildman–Crippen LogP) is 4.42. The van der Waals surface area contributed by atoms with E-state index in [2.05, 4.69) is 29.0 Å². The normalized spacial score (nSPS) is 18.2. The third-order valence-electron chi connectivity index (χ3n) is 6.30. The van der Waals surface area contributed by atoms with Crippen LogP contribution in [0.15, 0.2) is 89.8 Å². The lowest BCUT2D eigenvalue weighted by molar-refractivity contribution is -0.118. The molecule has 172 valence electrons. The van der Waals surface area contributed by atoms with Crippen molar-refractivity contribution >= 4 is 15.9 Å². The van der Waals surface area contributed by atoms with Crippen molar-refractivity contribution in [2.75, 3.05) is 13.2 Å². The minimum absolute atomic E-state index is 0.0147. The number of carbonyl (C=O) groups is 1. The van der Waals surface area contributed by atoms with Crippen LogP contribution in [-0.4, -0.2) is 27.5 Å². The summed E-state index contributed by atoms with van der Waals surface area (Å²) in [5.74, 6) is -0.544. The summed E-state index contributed by atoms with van der Waals surface area (Å²) in [6.07, 6.45) is 4.13. The van der Waals surface area contributed by atoms with Crippen LogP contribution in [0.5, 0.6) is 0 Å². The largest absolute Gasteiger partial charge is 0.380 e. The van der Waals surface area contributed by atoms with Gasteiger partial charge in [-0.05, 0) is 54.5 Å². The number of hydrogen-bond acceptors (Lipinski definition) is 4. The van der Waals surface area contributed by atoms with Gasteiger partial charge in [-0.25, -0.2) is 13.1 Å². The predicted molar refractivity (Wildman–Crippen MR) is 128 cm³/mol. The molecule has 1 heterocycles. The van der Waals surface area contributed by atoms with Crippen LogP contribution in [-0.2, 0) is 37.8 Å². The Balaban J connectivity index is 1.30. The lowest BCUT2D eigenvalue weighted by atomic mass is 9.75. The standard InChI is InChI=1S/C27H29NO4S/c29-26(28-33(30,31)25-11-5-2-6-12-25)20-23-15-13-22(14-16-23)8-7-17-27(18-19-32-21-27)24-9-3-1-4-10-24/h1-6,9-16H,7-8,17-21H2,(H,28,29). The van der Waals surface area contributed by atoms with Crippen molar-refractivity contribution in [3.05, 3.63) is 102 Å². The van der Waals surface area contributed by atoms with Crippen LogP contribution in [0.2, 0.25) is 0 Å². The van der Waals surface area contributed by atoms with Gasteiger partial charge in [-0.2, -0.15) is 0 Å².